The molecule has 6 nitrogen and oxygen atoms in total. The van der Waals surface area contributed by atoms with Crippen LogP contribution in [0.2, 0.25) is 0 Å². The number of benzene rings is 1. The topological polar surface area (TPSA) is 83.6 Å². The molecule has 0 aliphatic heterocycles. The fourth-order valence-corrected chi connectivity index (χ4v) is 2.09. The van der Waals surface area contributed by atoms with E-state index in [-0.39, 0.29) is 11.9 Å². The lowest BCUT2D eigenvalue weighted by atomic mass is 10.0. The second kappa shape index (κ2) is 6.27. The number of nitrogens with one attached hydrogen (secondary N) is 2. The SMILES string of the molecule is CCC[C@H](NC(=O)c1cc(C)ccc1C)c1nn[nH]n1. The number of aryl methyl sites for hydroxylation is 2. The minimum atomic E-state index is -0.217. The molecule has 106 valence electrons. The molecule has 0 bridgehead atoms. The summed E-state index contributed by atoms with van der Waals surface area (Å²) in [6.45, 7) is 5.95. The van der Waals surface area contributed by atoms with E-state index in [1.807, 2.05) is 32.0 Å². The zero-order valence-electron chi connectivity index (χ0n) is 12.0. The van der Waals surface area contributed by atoms with Crippen molar-refractivity contribution in [1.82, 2.24) is 25.9 Å². The molecule has 6 heteroatoms. The average molecular weight is 273 g/mol. The predicted molar refractivity (Wildman–Crippen MR) is 75.2 cm³/mol. The second-order valence-electron chi connectivity index (χ2n) is 4.90. The third-order valence-corrected chi connectivity index (χ3v) is 3.19. The zero-order valence-corrected chi connectivity index (χ0v) is 12.0. The van der Waals surface area contributed by atoms with Crippen molar-refractivity contribution in [2.24, 2.45) is 0 Å². The highest BCUT2D eigenvalue weighted by atomic mass is 16.1. The molecule has 0 fully saturated rings. The van der Waals surface area contributed by atoms with Gasteiger partial charge in [-0.25, -0.2) is 0 Å². The molecule has 0 saturated carbocycles. The fraction of sp³-hybridized carbons (Fsp3) is 0.429. The first-order valence-corrected chi connectivity index (χ1v) is 6.73. The van der Waals surface area contributed by atoms with Crippen LogP contribution in [0.5, 0.6) is 0 Å². The van der Waals surface area contributed by atoms with Crippen molar-refractivity contribution >= 4 is 5.91 Å². The molecule has 2 aromatic rings. The number of hydrogen-bond acceptors (Lipinski definition) is 4. The summed E-state index contributed by atoms with van der Waals surface area (Å²) in [4.78, 5) is 12.4. The second-order valence-corrected chi connectivity index (χ2v) is 4.90. The Labute approximate surface area is 118 Å². The minimum Gasteiger partial charge on any atom is -0.342 e. The summed E-state index contributed by atoms with van der Waals surface area (Å²) in [5.41, 5.74) is 2.71. The van der Waals surface area contributed by atoms with E-state index in [1.54, 1.807) is 0 Å². The molecule has 0 aliphatic carbocycles. The van der Waals surface area contributed by atoms with Gasteiger partial charge in [0.1, 0.15) is 0 Å². The van der Waals surface area contributed by atoms with Gasteiger partial charge in [0.25, 0.3) is 5.91 Å². The standard InChI is InChI=1S/C14H19N5O/c1-4-5-12(13-16-18-19-17-13)15-14(20)11-8-9(2)6-7-10(11)3/h6-8,12H,4-5H2,1-3H3,(H,15,20)(H,16,17,18,19)/t12-/m0/s1. The Morgan fingerprint density at radius 2 is 2.20 bits per heavy atom. The predicted octanol–water partition coefficient (Wildman–Crippen LogP) is 2.09. The van der Waals surface area contributed by atoms with Crippen molar-refractivity contribution < 1.29 is 4.79 Å². The Balaban J connectivity index is 2.18. The summed E-state index contributed by atoms with van der Waals surface area (Å²) >= 11 is 0. The molecular formula is C14H19N5O. The van der Waals surface area contributed by atoms with Crippen molar-refractivity contribution in [2.75, 3.05) is 0 Å². The third-order valence-electron chi connectivity index (χ3n) is 3.19. The van der Waals surface area contributed by atoms with E-state index in [4.69, 9.17) is 0 Å². The first-order chi connectivity index (χ1) is 9.61. The zero-order chi connectivity index (χ0) is 14.5. The summed E-state index contributed by atoms with van der Waals surface area (Å²) in [6.07, 6.45) is 1.70. The van der Waals surface area contributed by atoms with Crippen LogP contribution in [0, 0.1) is 13.8 Å². The van der Waals surface area contributed by atoms with E-state index in [1.165, 1.54) is 0 Å². The van der Waals surface area contributed by atoms with Gasteiger partial charge in [-0.05, 0) is 31.9 Å². The number of rotatable bonds is 5. The Hall–Kier alpha value is -2.24. The monoisotopic (exact) mass is 273 g/mol. The van der Waals surface area contributed by atoms with Gasteiger partial charge in [0.2, 0.25) is 0 Å². The lowest BCUT2D eigenvalue weighted by Crippen LogP contribution is -2.30. The molecule has 2 rings (SSSR count). The van der Waals surface area contributed by atoms with Gasteiger partial charge in [0.15, 0.2) is 5.82 Å². The number of nitrogens with zero attached hydrogens (tertiary/aromatic N) is 3. The molecule has 1 atom stereocenters. The molecular weight excluding hydrogens is 254 g/mol. The van der Waals surface area contributed by atoms with Gasteiger partial charge < -0.3 is 5.32 Å². The van der Waals surface area contributed by atoms with E-state index >= 15 is 0 Å². The quantitative estimate of drug-likeness (QED) is 0.873. The van der Waals surface area contributed by atoms with Gasteiger partial charge in [-0.3, -0.25) is 4.79 Å². The van der Waals surface area contributed by atoms with E-state index < -0.39 is 0 Å². The summed E-state index contributed by atoms with van der Waals surface area (Å²) in [5, 5.41) is 16.9. The summed E-state index contributed by atoms with van der Waals surface area (Å²) in [6, 6.07) is 5.62. The van der Waals surface area contributed by atoms with Crippen LogP contribution in [0.1, 0.15) is 53.1 Å². The summed E-state index contributed by atoms with van der Waals surface area (Å²) in [5.74, 6) is 0.417. The number of carbonyl (C=O) groups excluding carboxylic acids is 1. The maximum Gasteiger partial charge on any atom is 0.252 e. The third kappa shape index (κ3) is 3.20. The molecule has 0 saturated heterocycles. The lowest BCUT2D eigenvalue weighted by Gasteiger charge is -2.15. The smallest absolute Gasteiger partial charge is 0.252 e. The first-order valence-electron chi connectivity index (χ1n) is 6.73. The Morgan fingerprint density at radius 1 is 1.40 bits per heavy atom. The molecule has 0 aliphatic rings. The average Bonchev–Trinajstić information content (AvgIpc) is 2.95. The normalized spacial score (nSPS) is 12.2. The number of carbonyl (C=O) groups is 1. The van der Waals surface area contributed by atoms with Crippen molar-refractivity contribution in [3.05, 3.63) is 40.7 Å². The molecule has 0 spiro atoms. The van der Waals surface area contributed by atoms with E-state index in [2.05, 4.69) is 32.9 Å². The summed E-state index contributed by atoms with van der Waals surface area (Å²) in [7, 11) is 0. The molecule has 1 aromatic heterocycles. The van der Waals surface area contributed by atoms with E-state index in [0.29, 0.717) is 11.4 Å². The maximum absolute atomic E-state index is 12.4. The molecule has 1 amide bonds. The van der Waals surface area contributed by atoms with Gasteiger partial charge in [-0.1, -0.05) is 36.3 Å². The highest BCUT2D eigenvalue weighted by Crippen LogP contribution is 2.16. The van der Waals surface area contributed by atoms with Crippen LogP contribution in [0.3, 0.4) is 0 Å². The molecule has 0 radical (unpaired) electrons. The van der Waals surface area contributed by atoms with Gasteiger partial charge in [-0.15, -0.1) is 10.2 Å². The van der Waals surface area contributed by atoms with E-state index in [9.17, 15) is 4.79 Å². The van der Waals surface area contributed by atoms with Crippen LogP contribution in [-0.4, -0.2) is 26.5 Å². The Morgan fingerprint density at radius 3 is 2.85 bits per heavy atom. The molecule has 1 aromatic carbocycles. The van der Waals surface area contributed by atoms with Crippen LogP contribution in [0.4, 0.5) is 0 Å². The largest absolute Gasteiger partial charge is 0.342 e. The van der Waals surface area contributed by atoms with Crippen molar-refractivity contribution in [3.8, 4) is 0 Å². The molecule has 20 heavy (non-hydrogen) atoms. The van der Waals surface area contributed by atoms with Crippen LogP contribution in [0.25, 0.3) is 0 Å². The Kier molecular flexibility index (Phi) is 4.45. The highest BCUT2D eigenvalue weighted by Gasteiger charge is 2.19. The lowest BCUT2D eigenvalue weighted by molar-refractivity contribution is 0.0932. The summed E-state index contributed by atoms with van der Waals surface area (Å²) < 4.78 is 0. The minimum absolute atomic E-state index is 0.102. The van der Waals surface area contributed by atoms with Crippen LogP contribution in [-0.2, 0) is 0 Å². The van der Waals surface area contributed by atoms with Crippen molar-refractivity contribution in [2.45, 2.75) is 39.7 Å². The van der Waals surface area contributed by atoms with Crippen LogP contribution >= 0.6 is 0 Å². The van der Waals surface area contributed by atoms with Gasteiger partial charge >= 0.3 is 0 Å². The molecule has 0 unspecified atom stereocenters. The number of hydrogen-bond donors (Lipinski definition) is 2. The van der Waals surface area contributed by atoms with Gasteiger partial charge in [0.05, 0.1) is 6.04 Å². The van der Waals surface area contributed by atoms with Crippen LogP contribution < -0.4 is 5.32 Å². The number of aromatic amines is 1. The van der Waals surface area contributed by atoms with E-state index in [0.717, 1.165) is 24.0 Å². The Bertz CT molecular complexity index is 579. The van der Waals surface area contributed by atoms with Crippen molar-refractivity contribution in [1.29, 1.82) is 0 Å². The molecule has 1 heterocycles. The van der Waals surface area contributed by atoms with Gasteiger partial charge in [-0.2, -0.15) is 5.21 Å². The van der Waals surface area contributed by atoms with Crippen LogP contribution in [0.15, 0.2) is 18.2 Å². The van der Waals surface area contributed by atoms with Crippen molar-refractivity contribution in [3.63, 3.8) is 0 Å². The first kappa shape index (κ1) is 14.2. The molecule has 2 N–H and O–H groups in total. The van der Waals surface area contributed by atoms with Gasteiger partial charge in [0, 0.05) is 5.56 Å². The number of H-pyrrole nitrogens is 1. The maximum atomic E-state index is 12.4. The number of aromatic nitrogens is 4. The number of tetrazole rings is 1. The fourth-order valence-electron chi connectivity index (χ4n) is 2.09. The highest BCUT2D eigenvalue weighted by molar-refractivity contribution is 5.96. The number of amides is 1.